The van der Waals surface area contributed by atoms with Gasteiger partial charge in [0, 0.05) is 23.0 Å². The Balaban J connectivity index is 2.07. The Bertz CT molecular complexity index is 581. The van der Waals surface area contributed by atoms with Crippen LogP contribution < -0.4 is 5.32 Å². The minimum Gasteiger partial charge on any atom is -0.305 e. The van der Waals surface area contributed by atoms with Gasteiger partial charge in [0.2, 0.25) is 0 Å². The molecule has 1 aromatic carbocycles. The molecule has 0 spiro atoms. The Morgan fingerprint density at radius 1 is 1.32 bits per heavy atom. The SMILES string of the molecule is Cc1nc(C)c(CNC(C)c2cc(F)ccc2F)s1. The van der Waals surface area contributed by atoms with Crippen LogP contribution in [0.1, 0.15) is 34.1 Å². The van der Waals surface area contributed by atoms with E-state index >= 15 is 0 Å². The van der Waals surface area contributed by atoms with Crippen molar-refractivity contribution < 1.29 is 8.78 Å². The Labute approximate surface area is 115 Å². The van der Waals surface area contributed by atoms with E-state index in [9.17, 15) is 8.78 Å². The molecule has 1 N–H and O–H groups in total. The lowest BCUT2D eigenvalue weighted by atomic mass is 10.1. The van der Waals surface area contributed by atoms with Crippen LogP contribution in [0.5, 0.6) is 0 Å². The van der Waals surface area contributed by atoms with Crippen molar-refractivity contribution in [3.05, 3.63) is 51.0 Å². The van der Waals surface area contributed by atoms with Gasteiger partial charge in [0.25, 0.3) is 0 Å². The summed E-state index contributed by atoms with van der Waals surface area (Å²) in [5, 5.41) is 4.21. The van der Waals surface area contributed by atoms with Crippen LogP contribution in [-0.4, -0.2) is 4.98 Å². The predicted molar refractivity (Wildman–Crippen MR) is 73.2 cm³/mol. The molecule has 2 aromatic rings. The first kappa shape index (κ1) is 14.1. The molecule has 0 amide bonds. The fourth-order valence-corrected chi connectivity index (χ4v) is 2.83. The molecule has 2 rings (SSSR count). The largest absolute Gasteiger partial charge is 0.305 e. The van der Waals surface area contributed by atoms with Crippen molar-refractivity contribution in [2.75, 3.05) is 0 Å². The lowest BCUT2D eigenvalue weighted by Gasteiger charge is -2.14. The number of benzene rings is 1. The highest BCUT2D eigenvalue weighted by atomic mass is 32.1. The minimum absolute atomic E-state index is 0.252. The van der Waals surface area contributed by atoms with Gasteiger partial charge in [-0.05, 0) is 39.0 Å². The van der Waals surface area contributed by atoms with Crippen LogP contribution in [0, 0.1) is 25.5 Å². The molecule has 1 heterocycles. The summed E-state index contributed by atoms with van der Waals surface area (Å²) in [4.78, 5) is 5.46. The molecule has 0 saturated heterocycles. The van der Waals surface area contributed by atoms with Crippen molar-refractivity contribution in [2.45, 2.75) is 33.4 Å². The predicted octanol–water partition coefficient (Wildman–Crippen LogP) is 3.89. The smallest absolute Gasteiger partial charge is 0.128 e. The maximum Gasteiger partial charge on any atom is 0.128 e. The van der Waals surface area contributed by atoms with Crippen LogP contribution >= 0.6 is 11.3 Å². The molecular formula is C14H16F2N2S. The molecule has 0 saturated carbocycles. The van der Waals surface area contributed by atoms with Crippen molar-refractivity contribution in [2.24, 2.45) is 0 Å². The van der Waals surface area contributed by atoms with E-state index in [2.05, 4.69) is 10.3 Å². The summed E-state index contributed by atoms with van der Waals surface area (Å²) in [5.41, 5.74) is 1.33. The number of nitrogens with one attached hydrogen (secondary N) is 1. The van der Waals surface area contributed by atoms with Crippen LogP contribution in [0.25, 0.3) is 0 Å². The van der Waals surface area contributed by atoms with Crippen LogP contribution in [0.4, 0.5) is 8.78 Å². The molecule has 0 fully saturated rings. The Morgan fingerprint density at radius 3 is 2.68 bits per heavy atom. The second kappa shape index (κ2) is 5.75. The van der Waals surface area contributed by atoms with Gasteiger partial charge >= 0.3 is 0 Å². The normalized spacial score (nSPS) is 12.7. The summed E-state index contributed by atoms with van der Waals surface area (Å²) >= 11 is 1.62. The van der Waals surface area contributed by atoms with Crippen molar-refractivity contribution in [1.29, 1.82) is 0 Å². The van der Waals surface area contributed by atoms with Crippen molar-refractivity contribution in [1.82, 2.24) is 10.3 Å². The number of aryl methyl sites for hydroxylation is 2. The van der Waals surface area contributed by atoms with Crippen LogP contribution in [0.3, 0.4) is 0 Å². The molecule has 19 heavy (non-hydrogen) atoms. The highest BCUT2D eigenvalue weighted by Crippen LogP contribution is 2.21. The Hall–Kier alpha value is -1.33. The lowest BCUT2D eigenvalue weighted by molar-refractivity contribution is 0.520. The third-order valence-electron chi connectivity index (χ3n) is 2.99. The molecule has 102 valence electrons. The molecular weight excluding hydrogens is 266 g/mol. The first-order chi connectivity index (χ1) is 8.97. The summed E-state index contributed by atoms with van der Waals surface area (Å²) in [7, 11) is 0. The van der Waals surface area contributed by atoms with E-state index < -0.39 is 11.6 Å². The molecule has 0 aliphatic rings. The van der Waals surface area contributed by atoms with E-state index in [-0.39, 0.29) is 6.04 Å². The third kappa shape index (κ3) is 3.36. The molecule has 0 aliphatic heterocycles. The van der Waals surface area contributed by atoms with Gasteiger partial charge in [-0.2, -0.15) is 0 Å². The monoisotopic (exact) mass is 282 g/mol. The van der Waals surface area contributed by atoms with Crippen LogP contribution in [0.15, 0.2) is 18.2 Å². The lowest BCUT2D eigenvalue weighted by Crippen LogP contribution is -2.19. The van der Waals surface area contributed by atoms with Gasteiger partial charge in [0.1, 0.15) is 11.6 Å². The fourth-order valence-electron chi connectivity index (χ4n) is 1.94. The number of nitrogens with zero attached hydrogens (tertiary/aromatic N) is 1. The fraction of sp³-hybridized carbons (Fsp3) is 0.357. The average molecular weight is 282 g/mol. The number of rotatable bonds is 4. The van der Waals surface area contributed by atoms with Gasteiger partial charge in [-0.3, -0.25) is 0 Å². The molecule has 0 bridgehead atoms. The molecule has 1 aromatic heterocycles. The highest BCUT2D eigenvalue weighted by molar-refractivity contribution is 7.11. The topological polar surface area (TPSA) is 24.9 Å². The summed E-state index contributed by atoms with van der Waals surface area (Å²) < 4.78 is 26.7. The standard InChI is InChI=1S/C14H16F2N2S/c1-8(12-6-11(15)4-5-13(12)16)17-7-14-9(2)18-10(3)19-14/h4-6,8,17H,7H2,1-3H3. The number of halogens is 2. The van der Waals surface area contributed by atoms with E-state index in [4.69, 9.17) is 0 Å². The van der Waals surface area contributed by atoms with Crippen molar-refractivity contribution in [3.63, 3.8) is 0 Å². The second-order valence-electron chi connectivity index (χ2n) is 4.51. The maximum absolute atomic E-state index is 13.6. The van der Waals surface area contributed by atoms with E-state index in [1.165, 1.54) is 6.07 Å². The average Bonchev–Trinajstić information content (AvgIpc) is 2.68. The summed E-state index contributed by atoms with van der Waals surface area (Å²) in [6.07, 6.45) is 0. The van der Waals surface area contributed by atoms with Gasteiger partial charge in [-0.15, -0.1) is 11.3 Å². The Morgan fingerprint density at radius 2 is 2.05 bits per heavy atom. The minimum atomic E-state index is -0.421. The quantitative estimate of drug-likeness (QED) is 0.920. The zero-order chi connectivity index (χ0) is 14.0. The number of thiazole rings is 1. The number of hydrogen-bond acceptors (Lipinski definition) is 3. The van der Waals surface area contributed by atoms with Gasteiger partial charge in [-0.25, -0.2) is 13.8 Å². The van der Waals surface area contributed by atoms with Gasteiger partial charge < -0.3 is 5.32 Å². The molecule has 2 nitrogen and oxygen atoms in total. The molecule has 5 heteroatoms. The summed E-state index contributed by atoms with van der Waals surface area (Å²) in [6.45, 7) is 6.33. The molecule has 1 atom stereocenters. The summed E-state index contributed by atoms with van der Waals surface area (Å²) in [6, 6.07) is 3.27. The zero-order valence-corrected chi connectivity index (χ0v) is 11.9. The van der Waals surface area contributed by atoms with E-state index in [0.29, 0.717) is 12.1 Å². The van der Waals surface area contributed by atoms with Crippen LogP contribution in [-0.2, 0) is 6.54 Å². The molecule has 0 radical (unpaired) electrons. The second-order valence-corrected chi connectivity index (χ2v) is 5.80. The molecule has 0 aliphatic carbocycles. The molecule has 1 unspecified atom stereocenters. The summed E-state index contributed by atoms with van der Waals surface area (Å²) in [5.74, 6) is -0.812. The van der Waals surface area contributed by atoms with Crippen molar-refractivity contribution in [3.8, 4) is 0 Å². The van der Waals surface area contributed by atoms with Crippen LogP contribution in [0.2, 0.25) is 0 Å². The van der Waals surface area contributed by atoms with E-state index in [1.807, 2.05) is 20.8 Å². The third-order valence-corrected chi connectivity index (χ3v) is 4.07. The zero-order valence-electron chi connectivity index (χ0n) is 11.1. The maximum atomic E-state index is 13.6. The van der Waals surface area contributed by atoms with E-state index in [0.717, 1.165) is 27.7 Å². The first-order valence-corrected chi connectivity index (χ1v) is 6.90. The first-order valence-electron chi connectivity index (χ1n) is 6.08. The van der Waals surface area contributed by atoms with Gasteiger partial charge in [0.15, 0.2) is 0 Å². The van der Waals surface area contributed by atoms with Gasteiger partial charge in [0.05, 0.1) is 10.7 Å². The number of aromatic nitrogens is 1. The Kier molecular flexibility index (Phi) is 4.27. The van der Waals surface area contributed by atoms with Crippen molar-refractivity contribution >= 4 is 11.3 Å². The number of hydrogen-bond donors (Lipinski definition) is 1. The van der Waals surface area contributed by atoms with E-state index in [1.54, 1.807) is 11.3 Å². The van der Waals surface area contributed by atoms with Gasteiger partial charge in [-0.1, -0.05) is 0 Å². The highest BCUT2D eigenvalue weighted by Gasteiger charge is 2.13.